The summed E-state index contributed by atoms with van der Waals surface area (Å²) in [5, 5.41) is 0. The summed E-state index contributed by atoms with van der Waals surface area (Å²) in [7, 11) is 0. The standard InChI is InChI=1S/C16H30N2O/c1-5-14(4)11-16(6-2,13-17)18(7-3)12-15-9-8-10-19-15/h8-10,14H,5-7,11-13,17H2,1-4H3. The van der Waals surface area contributed by atoms with Crippen LogP contribution in [0.1, 0.15) is 52.7 Å². The zero-order valence-corrected chi connectivity index (χ0v) is 13.0. The van der Waals surface area contributed by atoms with Gasteiger partial charge in [-0.3, -0.25) is 4.90 Å². The topological polar surface area (TPSA) is 42.4 Å². The smallest absolute Gasteiger partial charge is 0.117 e. The van der Waals surface area contributed by atoms with Gasteiger partial charge in [0.05, 0.1) is 12.8 Å². The quantitative estimate of drug-likeness (QED) is 0.742. The molecule has 2 atom stereocenters. The fraction of sp³-hybridized carbons (Fsp3) is 0.750. The zero-order valence-electron chi connectivity index (χ0n) is 13.0. The molecule has 3 nitrogen and oxygen atoms in total. The van der Waals surface area contributed by atoms with Crippen LogP contribution in [0.4, 0.5) is 0 Å². The molecular formula is C16H30N2O. The van der Waals surface area contributed by atoms with E-state index in [2.05, 4.69) is 32.6 Å². The first-order valence-electron chi connectivity index (χ1n) is 7.59. The lowest BCUT2D eigenvalue weighted by atomic mass is 9.83. The predicted molar refractivity (Wildman–Crippen MR) is 80.9 cm³/mol. The van der Waals surface area contributed by atoms with E-state index < -0.39 is 0 Å². The highest BCUT2D eigenvalue weighted by atomic mass is 16.3. The first-order chi connectivity index (χ1) is 9.11. The number of hydrogen-bond donors (Lipinski definition) is 1. The Hall–Kier alpha value is -0.800. The average Bonchev–Trinajstić information content (AvgIpc) is 2.95. The van der Waals surface area contributed by atoms with E-state index in [0.29, 0.717) is 12.5 Å². The van der Waals surface area contributed by atoms with E-state index in [1.807, 2.05) is 12.1 Å². The third kappa shape index (κ3) is 4.08. The van der Waals surface area contributed by atoms with Crippen molar-refractivity contribution in [1.82, 2.24) is 4.90 Å². The summed E-state index contributed by atoms with van der Waals surface area (Å²) in [5.74, 6) is 1.73. The van der Waals surface area contributed by atoms with Gasteiger partial charge in [0.15, 0.2) is 0 Å². The van der Waals surface area contributed by atoms with Gasteiger partial charge in [-0.05, 0) is 37.4 Å². The lowest BCUT2D eigenvalue weighted by molar-refractivity contribution is 0.0572. The van der Waals surface area contributed by atoms with Crippen molar-refractivity contribution in [2.75, 3.05) is 13.1 Å². The third-order valence-corrected chi connectivity index (χ3v) is 4.44. The average molecular weight is 266 g/mol. The normalized spacial score (nSPS) is 16.5. The summed E-state index contributed by atoms with van der Waals surface area (Å²) < 4.78 is 5.50. The van der Waals surface area contributed by atoms with Gasteiger partial charge in [-0.1, -0.05) is 34.1 Å². The first-order valence-corrected chi connectivity index (χ1v) is 7.59. The van der Waals surface area contributed by atoms with E-state index >= 15 is 0 Å². The number of nitrogens with two attached hydrogens (primary N) is 1. The van der Waals surface area contributed by atoms with E-state index in [9.17, 15) is 0 Å². The fourth-order valence-corrected chi connectivity index (χ4v) is 2.85. The van der Waals surface area contributed by atoms with E-state index in [0.717, 1.165) is 31.7 Å². The van der Waals surface area contributed by atoms with Gasteiger partial charge in [0.1, 0.15) is 5.76 Å². The summed E-state index contributed by atoms with van der Waals surface area (Å²) in [6.45, 7) is 11.6. The maximum absolute atomic E-state index is 6.15. The van der Waals surface area contributed by atoms with Gasteiger partial charge in [-0.2, -0.15) is 0 Å². The van der Waals surface area contributed by atoms with Gasteiger partial charge >= 0.3 is 0 Å². The molecule has 0 saturated carbocycles. The molecular weight excluding hydrogens is 236 g/mol. The maximum Gasteiger partial charge on any atom is 0.117 e. The number of rotatable bonds is 9. The zero-order chi connectivity index (χ0) is 14.3. The van der Waals surface area contributed by atoms with Crippen LogP contribution in [0.15, 0.2) is 22.8 Å². The summed E-state index contributed by atoms with van der Waals surface area (Å²) in [4.78, 5) is 2.48. The molecule has 1 heterocycles. The fourth-order valence-electron chi connectivity index (χ4n) is 2.85. The largest absolute Gasteiger partial charge is 0.468 e. The molecule has 0 fully saturated rings. The molecule has 0 aliphatic heterocycles. The van der Waals surface area contributed by atoms with Crippen LogP contribution in [-0.2, 0) is 6.54 Å². The first kappa shape index (κ1) is 16.3. The Bertz CT molecular complexity index is 331. The van der Waals surface area contributed by atoms with Crippen molar-refractivity contribution in [2.24, 2.45) is 11.7 Å². The lowest BCUT2D eigenvalue weighted by Crippen LogP contribution is -2.54. The molecule has 19 heavy (non-hydrogen) atoms. The number of furan rings is 1. The molecule has 0 aliphatic rings. The molecule has 0 bridgehead atoms. The molecule has 1 aromatic heterocycles. The van der Waals surface area contributed by atoms with Crippen molar-refractivity contribution >= 4 is 0 Å². The Morgan fingerprint density at radius 3 is 2.53 bits per heavy atom. The number of hydrogen-bond acceptors (Lipinski definition) is 3. The molecule has 0 radical (unpaired) electrons. The second-order valence-electron chi connectivity index (χ2n) is 5.59. The van der Waals surface area contributed by atoms with Gasteiger partial charge in [0, 0.05) is 12.1 Å². The SMILES string of the molecule is CCC(C)CC(CC)(CN)N(CC)Cc1ccco1. The Kier molecular flexibility index (Phi) is 6.59. The van der Waals surface area contributed by atoms with Crippen LogP contribution < -0.4 is 5.73 Å². The van der Waals surface area contributed by atoms with Crippen molar-refractivity contribution < 1.29 is 4.42 Å². The van der Waals surface area contributed by atoms with Crippen LogP contribution in [0.25, 0.3) is 0 Å². The van der Waals surface area contributed by atoms with Gasteiger partial charge in [0.2, 0.25) is 0 Å². The monoisotopic (exact) mass is 266 g/mol. The van der Waals surface area contributed by atoms with Crippen LogP contribution in [0.3, 0.4) is 0 Å². The van der Waals surface area contributed by atoms with Gasteiger partial charge in [-0.25, -0.2) is 0 Å². The summed E-state index contributed by atoms with van der Waals surface area (Å²) in [5.41, 5.74) is 6.25. The summed E-state index contributed by atoms with van der Waals surface area (Å²) >= 11 is 0. The van der Waals surface area contributed by atoms with Crippen LogP contribution in [-0.4, -0.2) is 23.5 Å². The van der Waals surface area contributed by atoms with Crippen molar-refractivity contribution in [3.05, 3.63) is 24.2 Å². The highest BCUT2D eigenvalue weighted by Crippen LogP contribution is 2.29. The molecule has 3 heteroatoms. The van der Waals surface area contributed by atoms with E-state index in [-0.39, 0.29) is 5.54 Å². The molecule has 0 aromatic carbocycles. The van der Waals surface area contributed by atoms with Gasteiger partial charge in [0.25, 0.3) is 0 Å². The minimum absolute atomic E-state index is 0.0942. The minimum Gasteiger partial charge on any atom is -0.468 e. The molecule has 0 spiro atoms. The Morgan fingerprint density at radius 2 is 2.11 bits per heavy atom. The molecule has 2 N–H and O–H groups in total. The van der Waals surface area contributed by atoms with E-state index in [1.54, 1.807) is 6.26 Å². The van der Waals surface area contributed by atoms with Gasteiger partial charge < -0.3 is 10.2 Å². The molecule has 0 aliphatic carbocycles. The predicted octanol–water partition coefficient (Wildman–Crippen LogP) is 3.65. The van der Waals surface area contributed by atoms with Crippen molar-refractivity contribution in [2.45, 2.75) is 59.0 Å². The highest BCUT2D eigenvalue weighted by Gasteiger charge is 2.34. The van der Waals surface area contributed by atoms with Crippen LogP contribution in [0.2, 0.25) is 0 Å². The van der Waals surface area contributed by atoms with E-state index in [1.165, 1.54) is 6.42 Å². The maximum atomic E-state index is 6.15. The molecule has 0 saturated heterocycles. The Morgan fingerprint density at radius 1 is 1.37 bits per heavy atom. The van der Waals surface area contributed by atoms with Crippen LogP contribution in [0, 0.1) is 5.92 Å². The molecule has 0 amide bonds. The summed E-state index contributed by atoms with van der Waals surface area (Å²) in [6, 6.07) is 4.00. The van der Waals surface area contributed by atoms with Crippen LogP contribution >= 0.6 is 0 Å². The Labute approximate surface area is 118 Å². The highest BCUT2D eigenvalue weighted by molar-refractivity contribution is 5.01. The second kappa shape index (κ2) is 7.71. The molecule has 2 unspecified atom stereocenters. The number of nitrogens with zero attached hydrogens (tertiary/aromatic N) is 1. The Balaban J connectivity index is 2.86. The number of likely N-dealkylation sites (N-methyl/N-ethyl adjacent to an activating group) is 1. The molecule has 110 valence electrons. The second-order valence-corrected chi connectivity index (χ2v) is 5.59. The molecule has 1 rings (SSSR count). The summed E-state index contributed by atoms with van der Waals surface area (Å²) in [6.07, 6.45) is 5.20. The van der Waals surface area contributed by atoms with Crippen molar-refractivity contribution in [3.63, 3.8) is 0 Å². The van der Waals surface area contributed by atoms with Crippen molar-refractivity contribution in [1.29, 1.82) is 0 Å². The lowest BCUT2D eigenvalue weighted by Gasteiger charge is -2.44. The van der Waals surface area contributed by atoms with Crippen LogP contribution in [0.5, 0.6) is 0 Å². The van der Waals surface area contributed by atoms with Gasteiger partial charge in [-0.15, -0.1) is 0 Å². The van der Waals surface area contributed by atoms with Crippen molar-refractivity contribution in [3.8, 4) is 0 Å². The minimum atomic E-state index is 0.0942. The van der Waals surface area contributed by atoms with E-state index in [4.69, 9.17) is 10.2 Å². The third-order valence-electron chi connectivity index (χ3n) is 4.44. The molecule has 1 aromatic rings.